The lowest BCUT2D eigenvalue weighted by Crippen LogP contribution is -2.15. The van der Waals surface area contributed by atoms with Crippen molar-refractivity contribution in [1.29, 1.82) is 0 Å². The second-order valence-corrected chi connectivity index (χ2v) is 4.19. The van der Waals surface area contributed by atoms with E-state index in [1.54, 1.807) is 0 Å². The molecule has 0 aliphatic rings. The van der Waals surface area contributed by atoms with Crippen LogP contribution in [0.5, 0.6) is 11.6 Å². The fraction of sp³-hybridized carbons (Fsp3) is 0.0769. The lowest BCUT2D eigenvalue weighted by molar-refractivity contribution is 0.318. The smallest absolute Gasteiger partial charge is 0.230 e. The molecule has 0 unspecified atom stereocenters. The van der Waals surface area contributed by atoms with Gasteiger partial charge in [-0.15, -0.1) is 0 Å². The van der Waals surface area contributed by atoms with Crippen molar-refractivity contribution in [1.82, 2.24) is 4.98 Å². The van der Waals surface area contributed by atoms with Crippen molar-refractivity contribution >= 4 is 5.84 Å². The van der Waals surface area contributed by atoms with Gasteiger partial charge in [-0.25, -0.2) is 13.8 Å². The minimum absolute atomic E-state index is 0.0473. The topological polar surface area (TPSA) is 80.7 Å². The van der Waals surface area contributed by atoms with E-state index in [-0.39, 0.29) is 11.6 Å². The molecule has 116 valence electrons. The lowest BCUT2D eigenvalue weighted by Gasteiger charge is -2.12. The first-order valence-electron chi connectivity index (χ1n) is 5.81. The maximum atomic E-state index is 13.6. The quantitative estimate of drug-likeness (QED) is 0.228. The maximum Gasteiger partial charge on any atom is 0.230 e. The SMILES string of the molecule is Cc1ccc(/C(N)=N/O)c(Oc2c(F)c(F)cc(F)c2F)n1. The van der Waals surface area contributed by atoms with E-state index >= 15 is 0 Å². The summed E-state index contributed by atoms with van der Waals surface area (Å²) in [6.45, 7) is 1.53. The molecule has 1 heterocycles. The number of pyridine rings is 1. The third-order valence-corrected chi connectivity index (χ3v) is 2.65. The van der Waals surface area contributed by atoms with Crippen molar-refractivity contribution in [2.24, 2.45) is 10.9 Å². The summed E-state index contributed by atoms with van der Waals surface area (Å²) >= 11 is 0. The highest BCUT2D eigenvalue weighted by molar-refractivity contribution is 5.99. The Morgan fingerprint density at radius 2 is 1.77 bits per heavy atom. The van der Waals surface area contributed by atoms with Crippen molar-refractivity contribution in [2.45, 2.75) is 6.92 Å². The molecule has 0 radical (unpaired) electrons. The van der Waals surface area contributed by atoms with Gasteiger partial charge in [0.2, 0.25) is 23.3 Å². The number of nitrogens with zero attached hydrogens (tertiary/aromatic N) is 2. The number of halogens is 4. The molecule has 0 spiro atoms. The van der Waals surface area contributed by atoms with E-state index in [2.05, 4.69) is 10.1 Å². The van der Waals surface area contributed by atoms with Crippen molar-refractivity contribution < 1.29 is 27.5 Å². The van der Waals surface area contributed by atoms with Crippen LogP contribution in [0.25, 0.3) is 0 Å². The highest BCUT2D eigenvalue weighted by atomic mass is 19.2. The average Bonchev–Trinajstić information content (AvgIpc) is 2.49. The summed E-state index contributed by atoms with van der Waals surface area (Å²) in [6.07, 6.45) is 0. The van der Waals surface area contributed by atoms with Crippen molar-refractivity contribution in [2.75, 3.05) is 0 Å². The number of oxime groups is 1. The summed E-state index contributed by atoms with van der Waals surface area (Å²) in [5.74, 6) is -8.97. The van der Waals surface area contributed by atoms with Gasteiger partial charge in [0.15, 0.2) is 17.5 Å². The van der Waals surface area contributed by atoms with E-state index < -0.39 is 40.7 Å². The molecule has 1 aromatic carbocycles. The van der Waals surface area contributed by atoms with Crippen LogP contribution in [0.3, 0.4) is 0 Å². The highest BCUT2D eigenvalue weighted by Gasteiger charge is 2.23. The Bertz CT molecular complexity index is 739. The van der Waals surface area contributed by atoms with Crippen LogP contribution in [-0.4, -0.2) is 16.0 Å². The average molecular weight is 315 g/mol. The molecule has 22 heavy (non-hydrogen) atoms. The summed E-state index contributed by atoms with van der Waals surface area (Å²) in [5.41, 5.74) is 5.63. The molecular formula is C13H9F4N3O2. The fourth-order valence-electron chi connectivity index (χ4n) is 1.60. The number of aromatic nitrogens is 1. The summed E-state index contributed by atoms with van der Waals surface area (Å²) in [7, 11) is 0. The van der Waals surface area contributed by atoms with Gasteiger partial charge in [-0.05, 0) is 19.1 Å². The van der Waals surface area contributed by atoms with Crippen LogP contribution >= 0.6 is 0 Å². The molecule has 0 aliphatic carbocycles. The monoisotopic (exact) mass is 315 g/mol. The molecule has 0 fully saturated rings. The van der Waals surface area contributed by atoms with Crippen LogP contribution in [-0.2, 0) is 0 Å². The van der Waals surface area contributed by atoms with E-state index in [9.17, 15) is 17.6 Å². The zero-order valence-electron chi connectivity index (χ0n) is 11.1. The van der Waals surface area contributed by atoms with E-state index in [1.165, 1.54) is 19.1 Å². The number of aryl methyl sites for hydroxylation is 1. The van der Waals surface area contributed by atoms with Gasteiger partial charge in [-0.2, -0.15) is 8.78 Å². The number of ether oxygens (including phenoxy) is 1. The molecule has 0 saturated heterocycles. The van der Waals surface area contributed by atoms with E-state index in [0.717, 1.165) is 0 Å². The molecule has 9 heteroatoms. The maximum absolute atomic E-state index is 13.6. The van der Waals surface area contributed by atoms with Gasteiger partial charge >= 0.3 is 0 Å². The zero-order chi connectivity index (χ0) is 16.4. The standard InChI is InChI=1S/C13H9F4N3O2/c1-5-2-3-6(12(18)20-21)13(19-5)22-11-9(16)7(14)4-8(15)10(11)17/h2-4,21H,1H3,(H2,18,20). The highest BCUT2D eigenvalue weighted by Crippen LogP contribution is 2.31. The Kier molecular flexibility index (Phi) is 4.15. The molecule has 3 N–H and O–H groups in total. The van der Waals surface area contributed by atoms with Gasteiger partial charge in [0.1, 0.15) is 0 Å². The molecule has 2 rings (SSSR count). The minimum atomic E-state index is -1.73. The fourth-order valence-corrected chi connectivity index (χ4v) is 1.60. The lowest BCUT2D eigenvalue weighted by atomic mass is 10.2. The molecule has 0 amide bonds. The van der Waals surface area contributed by atoms with Crippen LogP contribution in [0.15, 0.2) is 23.4 Å². The predicted octanol–water partition coefficient (Wildman–Crippen LogP) is 2.83. The largest absolute Gasteiger partial charge is 0.432 e. The first-order valence-corrected chi connectivity index (χ1v) is 5.81. The van der Waals surface area contributed by atoms with Crippen LogP contribution in [0, 0.1) is 30.2 Å². The Morgan fingerprint density at radius 3 is 2.32 bits per heavy atom. The van der Waals surface area contributed by atoms with E-state index in [0.29, 0.717) is 5.69 Å². The number of benzene rings is 1. The predicted molar refractivity (Wildman–Crippen MR) is 67.8 cm³/mol. The van der Waals surface area contributed by atoms with Crippen LogP contribution < -0.4 is 10.5 Å². The summed E-state index contributed by atoms with van der Waals surface area (Å²) in [6, 6.07) is 2.81. The molecular weight excluding hydrogens is 306 g/mol. The number of rotatable bonds is 3. The summed E-state index contributed by atoms with van der Waals surface area (Å²) in [4.78, 5) is 3.81. The molecule has 5 nitrogen and oxygen atoms in total. The number of nitrogens with two attached hydrogens (primary N) is 1. The molecule has 2 aromatic rings. The van der Waals surface area contributed by atoms with E-state index in [1.807, 2.05) is 0 Å². The second kappa shape index (κ2) is 5.88. The van der Waals surface area contributed by atoms with Gasteiger partial charge in [-0.3, -0.25) is 0 Å². The Morgan fingerprint density at radius 1 is 1.18 bits per heavy atom. The minimum Gasteiger partial charge on any atom is -0.432 e. The van der Waals surface area contributed by atoms with Gasteiger partial charge in [0.05, 0.1) is 5.56 Å². The van der Waals surface area contributed by atoms with Crippen molar-refractivity contribution in [3.05, 3.63) is 52.7 Å². The second-order valence-electron chi connectivity index (χ2n) is 4.19. The Labute approximate surface area is 121 Å². The molecule has 0 bridgehead atoms. The molecule has 0 saturated carbocycles. The number of amidine groups is 1. The third kappa shape index (κ3) is 2.78. The van der Waals surface area contributed by atoms with Gasteiger partial charge in [0, 0.05) is 11.8 Å². The molecule has 1 aromatic heterocycles. The Balaban J connectivity index is 2.59. The van der Waals surface area contributed by atoms with Crippen molar-refractivity contribution in [3.8, 4) is 11.6 Å². The van der Waals surface area contributed by atoms with Gasteiger partial charge in [0.25, 0.3) is 0 Å². The molecule has 0 atom stereocenters. The molecule has 0 aliphatic heterocycles. The Hall–Kier alpha value is -2.84. The van der Waals surface area contributed by atoms with E-state index in [4.69, 9.17) is 15.7 Å². The van der Waals surface area contributed by atoms with Crippen molar-refractivity contribution in [3.63, 3.8) is 0 Å². The van der Waals surface area contributed by atoms with Crippen LogP contribution in [0.1, 0.15) is 11.3 Å². The zero-order valence-corrected chi connectivity index (χ0v) is 11.1. The normalized spacial score (nSPS) is 11.6. The summed E-state index contributed by atoms with van der Waals surface area (Å²) < 4.78 is 58.3. The van der Waals surface area contributed by atoms with Gasteiger partial charge < -0.3 is 15.7 Å². The number of hydrogen-bond donors (Lipinski definition) is 2. The third-order valence-electron chi connectivity index (χ3n) is 2.65. The summed E-state index contributed by atoms with van der Waals surface area (Å²) in [5, 5.41) is 11.4. The first-order chi connectivity index (χ1) is 10.3. The van der Waals surface area contributed by atoms with Crippen LogP contribution in [0.2, 0.25) is 0 Å². The number of hydrogen-bond acceptors (Lipinski definition) is 4. The first kappa shape index (κ1) is 15.5. The van der Waals surface area contributed by atoms with Crippen LogP contribution in [0.4, 0.5) is 17.6 Å². The van der Waals surface area contributed by atoms with Gasteiger partial charge in [-0.1, -0.05) is 5.16 Å².